The van der Waals surface area contributed by atoms with E-state index in [1.54, 1.807) is 22.5 Å². The minimum absolute atomic E-state index is 0.00477. The Morgan fingerprint density at radius 3 is 2.50 bits per heavy atom. The van der Waals surface area contributed by atoms with Crippen LogP contribution in [0, 0.1) is 5.92 Å². The first kappa shape index (κ1) is 19.2. The summed E-state index contributed by atoms with van der Waals surface area (Å²) in [5.74, 6) is 0.519. The molecule has 2 aromatic rings. The third-order valence-electron chi connectivity index (χ3n) is 5.78. The predicted molar refractivity (Wildman–Crippen MR) is 110 cm³/mol. The number of benzene rings is 2. The quantitative estimate of drug-likeness (QED) is 0.856. The number of carbonyl (C=O) groups is 1. The van der Waals surface area contributed by atoms with E-state index in [-0.39, 0.29) is 5.91 Å². The number of hydrogen-bond donors (Lipinski definition) is 1. The highest BCUT2D eigenvalue weighted by atomic mass is 32.2. The first-order chi connectivity index (χ1) is 13.5. The van der Waals surface area contributed by atoms with Gasteiger partial charge in [0, 0.05) is 25.2 Å². The number of anilines is 1. The Labute approximate surface area is 166 Å². The van der Waals surface area contributed by atoms with Crippen molar-refractivity contribution >= 4 is 21.6 Å². The molecule has 148 valence electrons. The second-order valence-electron chi connectivity index (χ2n) is 7.76. The highest BCUT2D eigenvalue weighted by Gasteiger charge is 2.30. The molecule has 2 aromatic carbocycles. The van der Waals surface area contributed by atoms with Crippen molar-refractivity contribution in [1.29, 1.82) is 0 Å². The van der Waals surface area contributed by atoms with Gasteiger partial charge in [0.25, 0.3) is 0 Å². The molecule has 0 saturated carbocycles. The second kappa shape index (κ2) is 8.05. The van der Waals surface area contributed by atoms with E-state index in [4.69, 9.17) is 0 Å². The minimum Gasteiger partial charge on any atom is -0.326 e. The van der Waals surface area contributed by atoms with Crippen LogP contribution in [0.15, 0.2) is 53.4 Å². The first-order valence-electron chi connectivity index (χ1n) is 9.99. The monoisotopic (exact) mass is 398 g/mol. The van der Waals surface area contributed by atoms with Gasteiger partial charge in [-0.1, -0.05) is 30.3 Å². The molecule has 6 heteroatoms. The fourth-order valence-electron chi connectivity index (χ4n) is 4.16. The molecule has 28 heavy (non-hydrogen) atoms. The number of hydrogen-bond acceptors (Lipinski definition) is 3. The van der Waals surface area contributed by atoms with Crippen LogP contribution in [-0.2, 0) is 27.7 Å². The summed E-state index contributed by atoms with van der Waals surface area (Å²) < 4.78 is 27.9. The summed E-state index contributed by atoms with van der Waals surface area (Å²) in [5, 5.41) is 2.86. The van der Waals surface area contributed by atoms with Crippen molar-refractivity contribution in [3.05, 3.63) is 59.7 Å². The summed E-state index contributed by atoms with van der Waals surface area (Å²) in [6.07, 6.45) is 4.72. The summed E-state index contributed by atoms with van der Waals surface area (Å²) in [4.78, 5) is 12.0. The van der Waals surface area contributed by atoms with E-state index in [0.717, 1.165) is 43.4 Å². The SMILES string of the molecule is O=C1CCCc2cc(S(=O)(=O)N3CCC(Cc4ccccc4)CC3)ccc2N1. The van der Waals surface area contributed by atoms with Gasteiger partial charge < -0.3 is 5.32 Å². The third kappa shape index (κ3) is 4.13. The van der Waals surface area contributed by atoms with Gasteiger partial charge in [0.1, 0.15) is 0 Å². The van der Waals surface area contributed by atoms with Crippen molar-refractivity contribution in [2.75, 3.05) is 18.4 Å². The van der Waals surface area contributed by atoms with Crippen molar-refractivity contribution < 1.29 is 13.2 Å². The average molecular weight is 399 g/mol. The topological polar surface area (TPSA) is 66.5 Å². The first-order valence-corrected chi connectivity index (χ1v) is 11.4. The highest BCUT2D eigenvalue weighted by Crippen LogP contribution is 2.29. The standard InChI is InChI=1S/C22H26N2O3S/c25-22-8-4-7-19-16-20(9-10-21(19)23-22)28(26,27)24-13-11-18(12-14-24)15-17-5-2-1-3-6-17/h1-3,5-6,9-10,16,18H,4,7-8,11-15H2,(H,23,25). The Hall–Kier alpha value is -2.18. The maximum absolute atomic E-state index is 13.1. The number of fused-ring (bicyclic) bond motifs is 1. The number of aryl methyl sites for hydroxylation is 1. The molecule has 2 aliphatic heterocycles. The van der Waals surface area contributed by atoms with Crippen molar-refractivity contribution in [3.8, 4) is 0 Å². The Morgan fingerprint density at radius 1 is 1.00 bits per heavy atom. The van der Waals surface area contributed by atoms with Crippen LogP contribution in [0.25, 0.3) is 0 Å². The Morgan fingerprint density at radius 2 is 1.75 bits per heavy atom. The predicted octanol–water partition coefficient (Wildman–Crippen LogP) is 3.60. The smallest absolute Gasteiger partial charge is 0.243 e. The Kier molecular flexibility index (Phi) is 5.51. The van der Waals surface area contributed by atoms with E-state index in [1.165, 1.54) is 5.56 Å². The van der Waals surface area contributed by atoms with Crippen LogP contribution < -0.4 is 5.32 Å². The van der Waals surface area contributed by atoms with E-state index in [1.807, 2.05) is 6.07 Å². The third-order valence-corrected chi connectivity index (χ3v) is 7.67. The Balaban J connectivity index is 1.44. The molecule has 0 bridgehead atoms. The van der Waals surface area contributed by atoms with Crippen LogP contribution >= 0.6 is 0 Å². The number of amides is 1. The molecule has 1 saturated heterocycles. The van der Waals surface area contributed by atoms with E-state index in [9.17, 15) is 13.2 Å². The average Bonchev–Trinajstić information content (AvgIpc) is 2.89. The maximum Gasteiger partial charge on any atom is 0.243 e. The van der Waals surface area contributed by atoms with Gasteiger partial charge in [-0.2, -0.15) is 4.31 Å². The normalized spacial score (nSPS) is 18.9. The molecule has 1 fully saturated rings. The summed E-state index contributed by atoms with van der Waals surface area (Å²) >= 11 is 0. The van der Waals surface area contributed by atoms with Gasteiger partial charge in [-0.3, -0.25) is 4.79 Å². The van der Waals surface area contributed by atoms with E-state index < -0.39 is 10.0 Å². The molecule has 2 aliphatic rings. The van der Waals surface area contributed by atoms with Gasteiger partial charge in [-0.25, -0.2) is 8.42 Å². The van der Waals surface area contributed by atoms with E-state index in [2.05, 4.69) is 29.6 Å². The number of nitrogens with one attached hydrogen (secondary N) is 1. The van der Waals surface area contributed by atoms with Crippen LogP contribution in [0.3, 0.4) is 0 Å². The molecule has 0 radical (unpaired) electrons. The fourth-order valence-corrected chi connectivity index (χ4v) is 5.68. The van der Waals surface area contributed by atoms with Gasteiger partial charge in [-0.15, -0.1) is 0 Å². The lowest BCUT2D eigenvalue weighted by Gasteiger charge is -2.31. The maximum atomic E-state index is 13.1. The largest absolute Gasteiger partial charge is 0.326 e. The van der Waals surface area contributed by atoms with Crippen LogP contribution in [-0.4, -0.2) is 31.7 Å². The van der Waals surface area contributed by atoms with Gasteiger partial charge in [0.2, 0.25) is 15.9 Å². The lowest BCUT2D eigenvalue weighted by Crippen LogP contribution is -2.38. The molecule has 1 amide bonds. The number of piperidine rings is 1. The van der Waals surface area contributed by atoms with Crippen molar-refractivity contribution in [1.82, 2.24) is 4.31 Å². The van der Waals surface area contributed by atoms with Crippen molar-refractivity contribution in [3.63, 3.8) is 0 Å². The molecule has 0 aromatic heterocycles. The molecular formula is C22H26N2O3S. The van der Waals surface area contributed by atoms with Gasteiger partial charge in [0.15, 0.2) is 0 Å². The summed E-state index contributed by atoms with van der Waals surface area (Å²) in [6, 6.07) is 15.5. The number of nitrogens with zero attached hydrogens (tertiary/aromatic N) is 1. The van der Waals surface area contributed by atoms with Crippen LogP contribution in [0.1, 0.15) is 36.8 Å². The van der Waals surface area contributed by atoms with Gasteiger partial charge in [-0.05, 0) is 67.3 Å². The second-order valence-corrected chi connectivity index (χ2v) is 9.70. The van der Waals surface area contributed by atoms with Gasteiger partial charge in [0.05, 0.1) is 4.90 Å². The summed E-state index contributed by atoms with van der Waals surface area (Å²) in [7, 11) is -3.50. The van der Waals surface area contributed by atoms with Gasteiger partial charge >= 0.3 is 0 Å². The number of carbonyl (C=O) groups excluding carboxylic acids is 1. The zero-order valence-corrected chi connectivity index (χ0v) is 16.7. The highest BCUT2D eigenvalue weighted by molar-refractivity contribution is 7.89. The van der Waals surface area contributed by atoms with E-state index >= 15 is 0 Å². The Bertz CT molecular complexity index is 949. The zero-order valence-electron chi connectivity index (χ0n) is 15.9. The fraction of sp³-hybridized carbons (Fsp3) is 0.409. The minimum atomic E-state index is -3.50. The molecular weight excluding hydrogens is 372 g/mol. The molecule has 2 heterocycles. The lowest BCUT2D eigenvalue weighted by atomic mass is 9.91. The molecule has 0 unspecified atom stereocenters. The van der Waals surface area contributed by atoms with E-state index in [0.29, 0.717) is 30.3 Å². The van der Waals surface area contributed by atoms with Crippen molar-refractivity contribution in [2.45, 2.75) is 43.4 Å². The summed E-state index contributed by atoms with van der Waals surface area (Å²) in [6.45, 7) is 1.13. The number of rotatable bonds is 4. The summed E-state index contributed by atoms with van der Waals surface area (Å²) in [5.41, 5.74) is 2.96. The molecule has 1 N–H and O–H groups in total. The molecule has 5 nitrogen and oxygen atoms in total. The van der Waals surface area contributed by atoms with Crippen LogP contribution in [0.4, 0.5) is 5.69 Å². The molecule has 4 rings (SSSR count). The van der Waals surface area contributed by atoms with Crippen molar-refractivity contribution in [2.24, 2.45) is 5.92 Å². The van der Waals surface area contributed by atoms with Crippen LogP contribution in [0.2, 0.25) is 0 Å². The van der Waals surface area contributed by atoms with Crippen LogP contribution in [0.5, 0.6) is 0 Å². The molecule has 0 spiro atoms. The molecule has 0 atom stereocenters. The zero-order chi connectivity index (χ0) is 19.6. The number of sulfonamides is 1. The lowest BCUT2D eigenvalue weighted by molar-refractivity contribution is -0.116. The molecule has 0 aliphatic carbocycles.